The molecule has 4 rings (SSSR count). The van der Waals surface area contributed by atoms with Gasteiger partial charge in [-0.25, -0.2) is 9.97 Å². The van der Waals surface area contributed by atoms with Gasteiger partial charge in [-0.1, -0.05) is 12.1 Å². The first-order valence-corrected chi connectivity index (χ1v) is 9.33. The van der Waals surface area contributed by atoms with Crippen molar-refractivity contribution in [1.82, 2.24) is 9.97 Å². The molecule has 0 unspecified atom stereocenters. The first-order chi connectivity index (χ1) is 13.3. The summed E-state index contributed by atoms with van der Waals surface area (Å²) in [4.78, 5) is 8.71. The van der Waals surface area contributed by atoms with E-state index in [9.17, 15) is 5.11 Å². The summed E-state index contributed by atoms with van der Waals surface area (Å²) >= 11 is 0. The number of aliphatic hydroxyl groups is 1. The fraction of sp³-hybridized carbons (Fsp3) is 0.273. The van der Waals surface area contributed by atoms with E-state index < -0.39 is 0 Å². The Hall–Kier alpha value is -2.92. The van der Waals surface area contributed by atoms with Gasteiger partial charge in [0.2, 0.25) is 5.88 Å². The Morgan fingerprint density at radius 3 is 2.56 bits per heavy atom. The Labute approximate surface area is 159 Å². The van der Waals surface area contributed by atoms with Gasteiger partial charge in [0.1, 0.15) is 11.6 Å². The zero-order chi connectivity index (χ0) is 18.5. The molecule has 1 fully saturated rings. The van der Waals surface area contributed by atoms with E-state index in [1.54, 1.807) is 12.4 Å². The molecule has 0 saturated heterocycles. The highest BCUT2D eigenvalue weighted by Gasteiger charge is 2.28. The molecule has 27 heavy (non-hydrogen) atoms. The van der Waals surface area contributed by atoms with Crippen LogP contribution in [0.2, 0.25) is 0 Å². The van der Waals surface area contributed by atoms with Crippen molar-refractivity contribution in [2.45, 2.75) is 25.2 Å². The number of ether oxygens (including phenoxy) is 1. The maximum Gasteiger partial charge on any atom is 0.222 e. The molecular weight excluding hydrogens is 338 g/mol. The molecule has 0 aliphatic heterocycles. The molecule has 3 aromatic rings. The highest BCUT2D eigenvalue weighted by molar-refractivity contribution is 5.57. The third-order valence-corrected chi connectivity index (χ3v) is 5.05. The number of hydrogen-bond acceptors (Lipinski definition) is 5. The molecule has 5 nitrogen and oxygen atoms in total. The summed E-state index contributed by atoms with van der Waals surface area (Å²) in [6.07, 6.45) is 6.64. The first-order valence-electron chi connectivity index (χ1n) is 9.33. The predicted octanol–water partition coefficient (Wildman–Crippen LogP) is 4.89. The highest BCUT2D eigenvalue weighted by atomic mass is 16.5. The topological polar surface area (TPSA) is 67.3 Å². The van der Waals surface area contributed by atoms with Crippen LogP contribution in [-0.4, -0.2) is 21.7 Å². The number of benzene rings is 1. The summed E-state index contributed by atoms with van der Waals surface area (Å²) in [6.45, 7) is 0.262. The van der Waals surface area contributed by atoms with Crippen LogP contribution in [0.15, 0.2) is 67.0 Å². The first kappa shape index (κ1) is 17.5. The van der Waals surface area contributed by atoms with Crippen molar-refractivity contribution in [2.75, 3.05) is 11.9 Å². The second-order valence-electron chi connectivity index (χ2n) is 6.92. The lowest BCUT2D eigenvalue weighted by molar-refractivity contribution is 0.228. The Morgan fingerprint density at radius 1 is 0.963 bits per heavy atom. The summed E-state index contributed by atoms with van der Waals surface area (Å²) in [5.41, 5.74) is 2.08. The van der Waals surface area contributed by atoms with Crippen LogP contribution in [-0.2, 0) is 0 Å². The quantitative estimate of drug-likeness (QED) is 0.654. The predicted molar refractivity (Wildman–Crippen MR) is 105 cm³/mol. The van der Waals surface area contributed by atoms with E-state index >= 15 is 0 Å². The number of rotatable bonds is 6. The van der Waals surface area contributed by atoms with E-state index in [0.29, 0.717) is 17.7 Å². The van der Waals surface area contributed by atoms with E-state index in [4.69, 9.17) is 4.74 Å². The maximum atomic E-state index is 9.41. The zero-order valence-corrected chi connectivity index (χ0v) is 15.1. The second kappa shape index (κ2) is 8.18. The zero-order valence-electron chi connectivity index (χ0n) is 15.1. The van der Waals surface area contributed by atoms with Crippen molar-refractivity contribution in [3.05, 3.63) is 72.6 Å². The van der Waals surface area contributed by atoms with Crippen molar-refractivity contribution in [3.63, 3.8) is 0 Å². The lowest BCUT2D eigenvalue weighted by Crippen LogP contribution is -2.02. The Balaban J connectivity index is 1.46. The van der Waals surface area contributed by atoms with Gasteiger partial charge in [-0.05, 0) is 73.6 Å². The lowest BCUT2D eigenvalue weighted by Gasteiger charge is -2.15. The van der Waals surface area contributed by atoms with E-state index in [2.05, 4.69) is 21.4 Å². The molecule has 0 amide bonds. The van der Waals surface area contributed by atoms with Gasteiger partial charge in [0.05, 0.1) is 0 Å². The molecule has 0 radical (unpaired) electrons. The number of nitrogens with one attached hydrogen (secondary N) is 1. The van der Waals surface area contributed by atoms with Gasteiger partial charge in [-0.3, -0.25) is 0 Å². The number of nitrogens with zero attached hydrogens (tertiary/aromatic N) is 2. The summed E-state index contributed by atoms with van der Waals surface area (Å²) in [5, 5.41) is 12.7. The number of pyridine rings is 2. The van der Waals surface area contributed by atoms with E-state index in [1.165, 1.54) is 0 Å². The summed E-state index contributed by atoms with van der Waals surface area (Å²) in [5.74, 6) is 3.00. The lowest BCUT2D eigenvalue weighted by atomic mass is 9.97. The largest absolute Gasteiger partial charge is 0.439 e. The van der Waals surface area contributed by atoms with E-state index in [0.717, 1.165) is 42.1 Å². The molecule has 138 valence electrons. The van der Waals surface area contributed by atoms with Crippen LogP contribution >= 0.6 is 0 Å². The number of aromatic nitrogens is 2. The summed E-state index contributed by atoms with van der Waals surface area (Å²) in [6, 6.07) is 17.6. The molecular formula is C22H23N3O2. The normalized spacial score (nSPS) is 19.0. The summed E-state index contributed by atoms with van der Waals surface area (Å²) < 4.78 is 6.08. The molecule has 1 aliphatic carbocycles. The van der Waals surface area contributed by atoms with Crippen LogP contribution in [0.5, 0.6) is 11.6 Å². The maximum absolute atomic E-state index is 9.41. The SMILES string of the molecule is OC[C@H]1CC[C@H](c2cccnc2Oc2ccc(Nc3ccccn3)cc2)C1. The molecule has 5 heteroatoms. The van der Waals surface area contributed by atoms with Crippen molar-refractivity contribution < 1.29 is 9.84 Å². The van der Waals surface area contributed by atoms with Crippen LogP contribution in [0.1, 0.15) is 30.7 Å². The number of anilines is 2. The van der Waals surface area contributed by atoms with E-state index in [1.807, 2.05) is 48.5 Å². The molecule has 2 heterocycles. The molecule has 1 aliphatic rings. The van der Waals surface area contributed by atoms with Crippen molar-refractivity contribution in [2.24, 2.45) is 5.92 Å². The Kier molecular flexibility index (Phi) is 5.30. The van der Waals surface area contributed by atoms with Gasteiger partial charge >= 0.3 is 0 Å². The standard InChI is InChI=1S/C22H23N3O2/c26-15-16-6-7-17(14-16)20-4-3-13-24-22(20)27-19-10-8-18(9-11-19)25-21-5-1-2-12-23-21/h1-5,8-13,16-17,26H,6-7,14-15H2,(H,23,25)/t16-,17-/m0/s1. The fourth-order valence-electron chi connectivity index (χ4n) is 3.63. The average Bonchev–Trinajstić information content (AvgIpc) is 3.20. The molecule has 2 atom stereocenters. The molecule has 0 spiro atoms. The van der Waals surface area contributed by atoms with Crippen molar-refractivity contribution in [3.8, 4) is 11.6 Å². The van der Waals surface area contributed by atoms with Crippen molar-refractivity contribution >= 4 is 11.5 Å². The van der Waals surface area contributed by atoms with Crippen LogP contribution < -0.4 is 10.1 Å². The smallest absolute Gasteiger partial charge is 0.222 e. The molecule has 2 aromatic heterocycles. The fourth-order valence-corrected chi connectivity index (χ4v) is 3.63. The minimum atomic E-state index is 0.262. The molecule has 1 saturated carbocycles. The van der Waals surface area contributed by atoms with Gasteiger partial charge in [-0.2, -0.15) is 0 Å². The molecule has 1 aromatic carbocycles. The van der Waals surface area contributed by atoms with Crippen LogP contribution in [0.3, 0.4) is 0 Å². The monoisotopic (exact) mass is 361 g/mol. The van der Waals surface area contributed by atoms with Gasteiger partial charge in [-0.15, -0.1) is 0 Å². The minimum absolute atomic E-state index is 0.262. The number of aliphatic hydroxyl groups excluding tert-OH is 1. The Morgan fingerprint density at radius 2 is 1.81 bits per heavy atom. The van der Waals surface area contributed by atoms with Gasteiger partial charge < -0.3 is 15.2 Å². The van der Waals surface area contributed by atoms with Crippen LogP contribution in [0.4, 0.5) is 11.5 Å². The van der Waals surface area contributed by atoms with Gasteiger partial charge in [0.25, 0.3) is 0 Å². The van der Waals surface area contributed by atoms with Gasteiger partial charge in [0, 0.05) is 30.3 Å². The third-order valence-electron chi connectivity index (χ3n) is 5.05. The highest BCUT2D eigenvalue weighted by Crippen LogP contribution is 2.41. The molecule has 2 N–H and O–H groups in total. The van der Waals surface area contributed by atoms with E-state index in [-0.39, 0.29) is 6.61 Å². The Bertz CT molecular complexity index is 868. The summed E-state index contributed by atoms with van der Waals surface area (Å²) in [7, 11) is 0. The average molecular weight is 361 g/mol. The van der Waals surface area contributed by atoms with Crippen molar-refractivity contribution in [1.29, 1.82) is 0 Å². The van der Waals surface area contributed by atoms with Crippen LogP contribution in [0, 0.1) is 5.92 Å². The third kappa shape index (κ3) is 4.26. The van der Waals surface area contributed by atoms with Gasteiger partial charge in [0.15, 0.2) is 0 Å². The molecule has 0 bridgehead atoms. The second-order valence-corrected chi connectivity index (χ2v) is 6.92. The number of hydrogen-bond donors (Lipinski definition) is 2. The van der Waals surface area contributed by atoms with Crippen LogP contribution in [0.25, 0.3) is 0 Å². The minimum Gasteiger partial charge on any atom is -0.439 e.